The van der Waals surface area contributed by atoms with Crippen LogP contribution in [0.2, 0.25) is 0 Å². The average molecular weight is 266 g/mol. The molecular weight excluding hydrogens is 243 g/mol. The highest BCUT2D eigenvalue weighted by Gasteiger charge is 2.16. The van der Waals surface area contributed by atoms with Gasteiger partial charge < -0.3 is 11.1 Å². The van der Waals surface area contributed by atoms with Gasteiger partial charge in [-0.3, -0.25) is 4.79 Å². The van der Waals surface area contributed by atoms with Crippen LogP contribution in [0.15, 0.2) is 24.3 Å². The van der Waals surface area contributed by atoms with E-state index < -0.39 is 0 Å². The van der Waals surface area contributed by atoms with Gasteiger partial charge in [-0.2, -0.15) is 0 Å². The summed E-state index contributed by atoms with van der Waals surface area (Å²) in [6.45, 7) is 6.82. The van der Waals surface area contributed by atoms with Gasteiger partial charge in [0.05, 0.1) is 6.42 Å². The Morgan fingerprint density at radius 3 is 2.42 bits per heavy atom. The van der Waals surface area contributed by atoms with Crippen LogP contribution in [0.1, 0.15) is 32.8 Å². The van der Waals surface area contributed by atoms with Gasteiger partial charge in [-0.25, -0.2) is 4.39 Å². The van der Waals surface area contributed by atoms with Gasteiger partial charge in [-0.05, 0) is 29.5 Å². The Kier molecular flexibility index (Phi) is 5.48. The number of carbonyl (C=O) groups is 1. The van der Waals surface area contributed by atoms with Gasteiger partial charge in [0.25, 0.3) is 0 Å². The molecule has 0 bridgehead atoms. The van der Waals surface area contributed by atoms with Crippen LogP contribution < -0.4 is 11.1 Å². The predicted octanol–water partition coefficient (Wildman–Crippen LogP) is 2.25. The maximum atomic E-state index is 12.7. The lowest BCUT2D eigenvalue weighted by atomic mass is 9.88. The molecule has 0 heterocycles. The van der Waals surface area contributed by atoms with Crippen LogP contribution in [0.5, 0.6) is 0 Å². The standard InChI is InChI=1S/C15H23FN2O/c1-15(2,3)9-13(17)10-18-14(19)8-11-4-6-12(16)7-5-11/h4-7,13H,8-10,17H2,1-3H3,(H,18,19). The first kappa shape index (κ1) is 15.6. The Balaban J connectivity index is 2.34. The largest absolute Gasteiger partial charge is 0.354 e. The van der Waals surface area contributed by atoms with Crippen LogP contribution in [0.4, 0.5) is 4.39 Å². The molecule has 0 saturated carbocycles. The minimum atomic E-state index is -0.295. The van der Waals surface area contributed by atoms with Crippen molar-refractivity contribution in [3.05, 3.63) is 35.6 Å². The lowest BCUT2D eigenvalue weighted by Crippen LogP contribution is -2.39. The fourth-order valence-electron chi connectivity index (χ4n) is 1.95. The van der Waals surface area contributed by atoms with Crippen LogP contribution in [-0.4, -0.2) is 18.5 Å². The molecule has 19 heavy (non-hydrogen) atoms. The van der Waals surface area contributed by atoms with E-state index >= 15 is 0 Å². The molecule has 3 N–H and O–H groups in total. The maximum Gasteiger partial charge on any atom is 0.224 e. The van der Waals surface area contributed by atoms with Crippen molar-refractivity contribution in [3.63, 3.8) is 0 Å². The SMILES string of the molecule is CC(C)(C)CC(N)CNC(=O)Cc1ccc(F)cc1. The molecule has 0 aliphatic heterocycles. The van der Waals surface area contributed by atoms with Crippen molar-refractivity contribution in [2.75, 3.05) is 6.54 Å². The molecule has 0 aromatic heterocycles. The maximum absolute atomic E-state index is 12.7. The molecule has 0 aliphatic carbocycles. The third-order valence-corrected chi connectivity index (χ3v) is 2.71. The van der Waals surface area contributed by atoms with E-state index in [1.807, 2.05) is 0 Å². The Morgan fingerprint density at radius 1 is 1.32 bits per heavy atom. The lowest BCUT2D eigenvalue weighted by molar-refractivity contribution is -0.120. The number of rotatable bonds is 5. The first-order valence-electron chi connectivity index (χ1n) is 6.53. The molecule has 1 aromatic carbocycles. The zero-order valence-corrected chi connectivity index (χ0v) is 11.9. The molecule has 4 heteroatoms. The monoisotopic (exact) mass is 266 g/mol. The predicted molar refractivity (Wildman–Crippen MR) is 75.2 cm³/mol. The molecule has 1 rings (SSSR count). The van der Waals surface area contributed by atoms with Crippen LogP contribution in [0.25, 0.3) is 0 Å². The molecule has 1 unspecified atom stereocenters. The minimum Gasteiger partial charge on any atom is -0.354 e. The first-order chi connectivity index (χ1) is 8.76. The van der Waals surface area contributed by atoms with Gasteiger partial charge in [0, 0.05) is 12.6 Å². The Hall–Kier alpha value is -1.42. The summed E-state index contributed by atoms with van der Waals surface area (Å²) in [6, 6.07) is 5.90. The second kappa shape index (κ2) is 6.66. The Labute approximate surface area is 114 Å². The lowest BCUT2D eigenvalue weighted by Gasteiger charge is -2.23. The Bertz CT molecular complexity index is 409. The van der Waals surface area contributed by atoms with Gasteiger partial charge in [0.1, 0.15) is 5.82 Å². The molecule has 106 valence electrons. The summed E-state index contributed by atoms with van der Waals surface area (Å²) in [5.74, 6) is -0.382. The van der Waals surface area contributed by atoms with E-state index in [4.69, 9.17) is 5.73 Å². The van der Waals surface area contributed by atoms with E-state index in [2.05, 4.69) is 26.1 Å². The van der Waals surface area contributed by atoms with E-state index in [0.717, 1.165) is 12.0 Å². The third kappa shape index (κ3) is 6.91. The smallest absolute Gasteiger partial charge is 0.224 e. The highest BCUT2D eigenvalue weighted by atomic mass is 19.1. The molecule has 0 spiro atoms. The molecular formula is C15H23FN2O. The summed E-state index contributed by atoms with van der Waals surface area (Å²) < 4.78 is 12.7. The normalized spacial score (nSPS) is 13.1. The molecule has 1 amide bonds. The number of hydrogen-bond acceptors (Lipinski definition) is 2. The number of nitrogens with one attached hydrogen (secondary N) is 1. The van der Waals surface area contributed by atoms with Crippen LogP contribution in [0.3, 0.4) is 0 Å². The number of hydrogen-bond donors (Lipinski definition) is 2. The zero-order chi connectivity index (χ0) is 14.5. The molecule has 0 fully saturated rings. The quantitative estimate of drug-likeness (QED) is 0.859. The first-order valence-corrected chi connectivity index (χ1v) is 6.53. The Morgan fingerprint density at radius 2 is 1.89 bits per heavy atom. The number of nitrogens with two attached hydrogens (primary N) is 1. The number of carbonyl (C=O) groups excluding carboxylic acids is 1. The molecule has 0 saturated heterocycles. The highest BCUT2D eigenvalue weighted by molar-refractivity contribution is 5.78. The number of amides is 1. The number of benzene rings is 1. The van der Waals surface area contributed by atoms with Gasteiger partial charge in [0.15, 0.2) is 0 Å². The average Bonchev–Trinajstić information content (AvgIpc) is 2.27. The van der Waals surface area contributed by atoms with Crippen LogP contribution >= 0.6 is 0 Å². The molecule has 3 nitrogen and oxygen atoms in total. The molecule has 0 radical (unpaired) electrons. The zero-order valence-electron chi connectivity index (χ0n) is 11.9. The van der Waals surface area contributed by atoms with Crippen LogP contribution in [-0.2, 0) is 11.2 Å². The number of halogens is 1. The molecule has 0 aliphatic rings. The van der Waals surface area contributed by atoms with Crippen molar-refractivity contribution >= 4 is 5.91 Å². The van der Waals surface area contributed by atoms with Crippen molar-refractivity contribution in [2.24, 2.45) is 11.1 Å². The van der Waals surface area contributed by atoms with Crippen LogP contribution in [0, 0.1) is 11.2 Å². The topological polar surface area (TPSA) is 55.1 Å². The van der Waals surface area contributed by atoms with Crippen molar-refractivity contribution in [1.82, 2.24) is 5.32 Å². The van der Waals surface area contributed by atoms with Gasteiger partial charge >= 0.3 is 0 Å². The summed E-state index contributed by atoms with van der Waals surface area (Å²) in [6.07, 6.45) is 1.10. The van der Waals surface area contributed by atoms with Gasteiger partial charge in [-0.1, -0.05) is 32.9 Å². The van der Waals surface area contributed by atoms with Gasteiger partial charge in [0.2, 0.25) is 5.91 Å². The van der Waals surface area contributed by atoms with E-state index in [1.54, 1.807) is 12.1 Å². The van der Waals surface area contributed by atoms with Crippen molar-refractivity contribution in [1.29, 1.82) is 0 Å². The highest BCUT2D eigenvalue weighted by Crippen LogP contribution is 2.19. The molecule has 1 atom stereocenters. The summed E-state index contributed by atoms with van der Waals surface area (Å²) in [4.78, 5) is 11.7. The summed E-state index contributed by atoms with van der Waals surface area (Å²) in [5.41, 5.74) is 6.91. The molecule has 1 aromatic rings. The van der Waals surface area contributed by atoms with Crippen molar-refractivity contribution < 1.29 is 9.18 Å². The van der Waals surface area contributed by atoms with E-state index in [0.29, 0.717) is 6.54 Å². The summed E-state index contributed by atoms with van der Waals surface area (Å²) in [5, 5.41) is 2.81. The fraction of sp³-hybridized carbons (Fsp3) is 0.533. The summed E-state index contributed by atoms with van der Waals surface area (Å²) >= 11 is 0. The van der Waals surface area contributed by atoms with E-state index in [-0.39, 0.29) is 29.6 Å². The second-order valence-corrected chi connectivity index (χ2v) is 6.13. The van der Waals surface area contributed by atoms with Crippen molar-refractivity contribution in [3.8, 4) is 0 Å². The second-order valence-electron chi connectivity index (χ2n) is 6.13. The van der Waals surface area contributed by atoms with E-state index in [1.165, 1.54) is 12.1 Å². The van der Waals surface area contributed by atoms with Crippen molar-refractivity contribution in [2.45, 2.75) is 39.7 Å². The fourth-order valence-corrected chi connectivity index (χ4v) is 1.95. The minimum absolute atomic E-state index is 0.0443. The van der Waals surface area contributed by atoms with Gasteiger partial charge in [-0.15, -0.1) is 0 Å². The summed E-state index contributed by atoms with van der Waals surface area (Å²) in [7, 11) is 0. The third-order valence-electron chi connectivity index (χ3n) is 2.71. The van der Waals surface area contributed by atoms with E-state index in [9.17, 15) is 9.18 Å².